The van der Waals surface area contributed by atoms with Crippen molar-refractivity contribution in [2.75, 3.05) is 0 Å². The molecule has 1 aromatic heterocycles. The Morgan fingerprint density at radius 2 is 1.51 bits per heavy atom. The quantitative estimate of drug-likeness (QED) is 0.509. The number of amides is 1. The molecule has 3 aromatic rings. The van der Waals surface area contributed by atoms with Crippen molar-refractivity contribution >= 4 is 15.7 Å². The minimum atomic E-state index is -4.11. The van der Waals surface area contributed by atoms with E-state index in [-0.39, 0.29) is 33.6 Å². The van der Waals surface area contributed by atoms with Gasteiger partial charge in [0.05, 0.1) is 4.90 Å². The number of hydrogen-bond acceptors (Lipinski definition) is 6. The summed E-state index contributed by atoms with van der Waals surface area (Å²) in [5, 5.41) is 7.10. The highest BCUT2D eigenvalue weighted by Gasteiger charge is 2.52. The van der Waals surface area contributed by atoms with Crippen LogP contribution >= 0.6 is 0 Å². The molecule has 4 bridgehead atoms. The number of rotatable bonds is 7. The maximum absolute atomic E-state index is 13.7. The Hall–Kier alpha value is -3.13. The number of sulfone groups is 1. The minimum Gasteiger partial charge on any atom is -0.470 e. The van der Waals surface area contributed by atoms with Gasteiger partial charge in [-0.25, -0.2) is 8.42 Å². The van der Waals surface area contributed by atoms with Crippen molar-refractivity contribution in [1.82, 2.24) is 10.5 Å². The Morgan fingerprint density at radius 3 is 2.11 bits per heavy atom. The first-order valence-electron chi connectivity index (χ1n) is 12.2. The summed E-state index contributed by atoms with van der Waals surface area (Å²) in [5.41, 5.74) is 0.551. The van der Waals surface area contributed by atoms with Crippen LogP contribution < -0.4 is 10.1 Å². The SMILES string of the molecule is O=C(NC12CC3CC(CC(C3)C1)C2)c1onc(OCc2ccccc2)c1S(=O)(=O)c1ccccc1. The van der Waals surface area contributed by atoms with E-state index in [1.54, 1.807) is 18.2 Å². The highest BCUT2D eigenvalue weighted by Crippen LogP contribution is 2.55. The molecule has 8 heteroatoms. The molecule has 2 aromatic carbocycles. The Bertz CT molecular complexity index is 1300. The van der Waals surface area contributed by atoms with Gasteiger partial charge in [0, 0.05) is 5.54 Å². The van der Waals surface area contributed by atoms with E-state index in [4.69, 9.17) is 9.26 Å². The zero-order chi connectivity index (χ0) is 24.0. The summed E-state index contributed by atoms with van der Waals surface area (Å²) in [6.45, 7) is 0.0979. The van der Waals surface area contributed by atoms with Crippen molar-refractivity contribution in [1.29, 1.82) is 0 Å². The fourth-order valence-electron chi connectivity index (χ4n) is 6.75. The molecule has 0 radical (unpaired) electrons. The predicted octanol–water partition coefficient (Wildman–Crippen LogP) is 4.79. The van der Waals surface area contributed by atoms with E-state index in [2.05, 4.69) is 10.5 Å². The van der Waals surface area contributed by atoms with E-state index in [0.717, 1.165) is 24.8 Å². The molecule has 4 fully saturated rings. The first-order valence-corrected chi connectivity index (χ1v) is 13.7. The summed E-state index contributed by atoms with van der Waals surface area (Å²) in [5.74, 6) is 0.847. The zero-order valence-electron chi connectivity index (χ0n) is 19.4. The summed E-state index contributed by atoms with van der Waals surface area (Å²) in [7, 11) is -4.11. The lowest BCUT2D eigenvalue weighted by molar-refractivity contribution is -0.0173. The van der Waals surface area contributed by atoms with Crippen LogP contribution in [0.25, 0.3) is 0 Å². The summed E-state index contributed by atoms with van der Waals surface area (Å²) in [6.07, 6.45) is 6.54. The van der Waals surface area contributed by atoms with Crippen molar-refractivity contribution in [3.05, 3.63) is 72.0 Å². The van der Waals surface area contributed by atoms with Crippen LogP contribution in [-0.2, 0) is 16.4 Å². The Kier molecular flexibility index (Phi) is 5.44. The molecule has 7 rings (SSSR count). The monoisotopic (exact) mass is 492 g/mol. The van der Waals surface area contributed by atoms with Crippen LogP contribution in [0.15, 0.2) is 75.0 Å². The highest BCUT2D eigenvalue weighted by molar-refractivity contribution is 7.91. The first kappa shape index (κ1) is 22.3. The molecule has 1 heterocycles. The molecule has 4 saturated carbocycles. The molecule has 182 valence electrons. The molecule has 0 saturated heterocycles. The highest BCUT2D eigenvalue weighted by atomic mass is 32.2. The molecule has 0 aliphatic heterocycles. The summed E-state index contributed by atoms with van der Waals surface area (Å²) in [4.78, 5) is 13.3. The molecular weight excluding hydrogens is 464 g/mol. The fourth-order valence-corrected chi connectivity index (χ4v) is 8.20. The van der Waals surface area contributed by atoms with Gasteiger partial charge >= 0.3 is 0 Å². The predicted molar refractivity (Wildman–Crippen MR) is 128 cm³/mol. The van der Waals surface area contributed by atoms with Crippen LogP contribution in [0, 0.1) is 17.8 Å². The van der Waals surface area contributed by atoms with Crippen LogP contribution in [-0.4, -0.2) is 25.0 Å². The standard InChI is InChI=1S/C27H28N2O5S/c30-25(28-27-14-19-11-20(15-27)13-21(12-19)16-27)23-24(35(31,32)22-9-5-2-6-10-22)26(29-34-23)33-17-18-7-3-1-4-8-18/h1-10,19-21H,11-17H2,(H,28,30). The lowest BCUT2D eigenvalue weighted by Crippen LogP contribution is -2.59. The van der Waals surface area contributed by atoms with Crippen LogP contribution in [0.3, 0.4) is 0 Å². The van der Waals surface area contributed by atoms with E-state index in [1.807, 2.05) is 30.3 Å². The normalized spacial score (nSPS) is 27.0. The van der Waals surface area contributed by atoms with Gasteiger partial charge in [-0.05, 0) is 79.1 Å². The van der Waals surface area contributed by atoms with E-state index in [0.29, 0.717) is 17.8 Å². The molecule has 7 nitrogen and oxygen atoms in total. The summed E-state index contributed by atoms with van der Waals surface area (Å²) in [6, 6.07) is 17.4. The Balaban J connectivity index is 1.34. The van der Waals surface area contributed by atoms with Crippen LogP contribution in [0.1, 0.15) is 54.6 Å². The molecule has 0 spiro atoms. The van der Waals surface area contributed by atoms with E-state index in [1.165, 1.54) is 31.4 Å². The smallest absolute Gasteiger partial charge is 0.291 e. The van der Waals surface area contributed by atoms with Gasteiger partial charge in [0.2, 0.25) is 15.6 Å². The zero-order valence-corrected chi connectivity index (χ0v) is 20.2. The molecule has 4 aliphatic rings. The third-order valence-corrected chi connectivity index (χ3v) is 9.57. The third kappa shape index (κ3) is 4.14. The number of carbonyl (C=O) groups excluding carboxylic acids is 1. The minimum absolute atomic E-state index is 0.0524. The number of carbonyl (C=O) groups is 1. The Labute approximate surface area is 204 Å². The second kappa shape index (κ2) is 8.52. The topological polar surface area (TPSA) is 98.5 Å². The van der Waals surface area contributed by atoms with Crippen LogP contribution in [0.2, 0.25) is 0 Å². The Morgan fingerprint density at radius 1 is 0.943 bits per heavy atom. The lowest BCUT2D eigenvalue weighted by atomic mass is 9.53. The third-order valence-electron chi connectivity index (χ3n) is 7.78. The first-order chi connectivity index (χ1) is 16.9. The van der Waals surface area contributed by atoms with Crippen LogP contribution in [0.4, 0.5) is 0 Å². The second-order valence-corrected chi connectivity index (χ2v) is 12.3. The average molecular weight is 493 g/mol. The van der Waals surface area contributed by atoms with E-state index in [9.17, 15) is 13.2 Å². The number of nitrogens with one attached hydrogen (secondary N) is 1. The van der Waals surface area contributed by atoms with Crippen LogP contribution in [0.5, 0.6) is 5.88 Å². The van der Waals surface area contributed by atoms with Gasteiger partial charge in [-0.1, -0.05) is 48.5 Å². The second-order valence-electron chi connectivity index (χ2n) is 10.4. The van der Waals surface area contributed by atoms with Crippen molar-refractivity contribution in [3.8, 4) is 5.88 Å². The molecular formula is C27H28N2O5S. The van der Waals surface area contributed by atoms with Crippen molar-refractivity contribution in [2.45, 2.75) is 60.5 Å². The molecule has 0 unspecified atom stereocenters. The van der Waals surface area contributed by atoms with Crippen molar-refractivity contribution in [3.63, 3.8) is 0 Å². The van der Waals surface area contributed by atoms with E-state index < -0.39 is 15.7 Å². The lowest BCUT2D eigenvalue weighted by Gasteiger charge is -2.56. The summed E-state index contributed by atoms with van der Waals surface area (Å²) >= 11 is 0. The molecule has 4 aliphatic carbocycles. The van der Waals surface area contributed by atoms with Crippen molar-refractivity contribution < 1.29 is 22.5 Å². The number of benzene rings is 2. The molecule has 0 atom stereocenters. The average Bonchev–Trinajstić information content (AvgIpc) is 3.28. The maximum atomic E-state index is 13.7. The van der Waals surface area contributed by atoms with Gasteiger partial charge < -0.3 is 14.6 Å². The van der Waals surface area contributed by atoms with Gasteiger partial charge in [0.25, 0.3) is 11.8 Å². The van der Waals surface area contributed by atoms with Gasteiger partial charge in [-0.3, -0.25) is 4.79 Å². The van der Waals surface area contributed by atoms with Crippen molar-refractivity contribution in [2.24, 2.45) is 17.8 Å². The largest absolute Gasteiger partial charge is 0.470 e. The maximum Gasteiger partial charge on any atom is 0.291 e. The van der Waals surface area contributed by atoms with Gasteiger partial charge in [0.15, 0.2) is 4.90 Å². The van der Waals surface area contributed by atoms with Gasteiger partial charge in [-0.15, -0.1) is 0 Å². The fraction of sp³-hybridized carbons (Fsp3) is 0.407. The number of hydrogen-bond donors (Lipinski definition) is 1. The molecule has 1 amide bonds. The molecule has 1 N–H and O–H groups in total. The number of ether oxygens (including phenoxy) is 1. The van der Waals surface area contributed by atoms with Gasteiger partial charge in [-0.2, -0.15) is 0 Å². The van der Waals surface area contributed by atoms with E-state index >= 15 is 0 Å². The number of aromatic nitrogens is 1. The number of nitrogens with zero attached hydrogens (tertiary/aromatic N) is 1. The molecule has 35 heavy (non-hydrogen) atoms. The van der Waals surface area contributed by atoms with Gasteiger partial charge in [0.1, 0.15) is 6.61 Å². The summed E-state index contributed by atoms with van der Waals surface area (Å²) < 4.78 is 38.5.